The second-order valence-corrected chi connectivity index (χ2v) is 15.8. The van der Waals surface area contributed by atoms with Gasteiger partial charge in [0.2, 0.25) is 5.91 Å². The topological polar surface area (TPSA) is 81.2 Å². The van der Waals surface area contributed by atoms with Crippen molar-refractivity contribution in [1.82, 2.24) is 14.7 Å². The van der Waals surface area contributed by atoms with Gasteiger partial charge in [-0.1, -0.05) is 53.5 Å². The number of fused-ring (bicyclic) bond motifs is 2. The molecule has 1 unspecified atom stereocenters. The predicted octanol–water partition coefficient (Wildman–Crippen LogP) is 7.06. The van der Waals surface area contributed by atoms with Crippen molar-refractivity contribution in [2.75, 3.05) is 39.8 Å². The molecule has 2 amide bonds. The molecule has 7 nitrogen and oxygen atoms in total. The van der Waals surface area contributed by atoms with E-state index >= 15 is 0 Å². The molecule has 1 saturated heterocycles. The average molecular weight is 691 g/mol. The summed E-state index contributed by atoms with van der Waals surface area (Å²) in [5, 5.41) is 10.7. The number of likely N-dealkylation sites (N-methyl/N-ethyl adjacent to an activating group) is 1. The van der Waals surface area contributed by atoms with Crippen molar-refractivity contribution in [2.45, 2.75) is 74.1 Å². The van der Waals surface area contributed by atoms with Gasteiger partial charge in [0.15, 0.2) is 0 Å². The molecular formula is C32H40Cl2F3N3O4S. The number of hydrogen-bond acceptors (Lipinski definition) is 4. The predicted molar refractivity (Wildman–Crippen MR) is 171 cm³/mol. The lowest BCUT2D eigenvalue weighted by Crippen LogP contribution is -2.56. The number of rotatable bonds is 9. The molecule has 0 radical (unpaired) electrons. The number of likely N-dealkylation sites (tertiary alicyclic amines) is 1. The molecule has 2 aromatic carbocycles. The van der Waals surface area contributed by atoms with E-state index in [1.807, 2.05) is 18.2 Å². The van der Waals surface area contributed by atoms with Gasteiger partial charge in [-0.3, -0.25) is 9.00 Å². The van der Waals surface area contributed by atoms with Crippen molar-refractivity contribution < 1.29 is 32.1 Å². The van der Waals surface area contributed by atoms with Gasteiger partial charge in [0.05, 0.1) is 14.8 Å². The summed E-state index contributed by atoms with van der Waals surface area (Å²) in [5.74, 6) is -0.584. The molecule has 2 aromatic rings. The molecule has 2 aliphatic heterocycles. The summed E-state index contributed by atoms with van der Waals surface area (Å²) in [6.45, 7) is 6.67. The van der Waals surface area contributed by atoms with Crippen LogP contribution in [-0.4, -0.2) is 87.5 Å². The van der Waals surface area contributed by atoms with Crippen LogP contribution in [0.1, 0.15) is 63.1 Å². The highest BCUT2D eigenvalue weighted by Crippen LogP contribution is 2.47. The maximum absolute atomic E-state index is 13.3. The maximum atomic E-state index is 13.3. The van der Waals surface area contributed by atoms with Gasteiger partial charge in [-0.15, -0.1) is 0 Å². The molecule has 248 valence electrons. The van der Waals surface area contributed by atoms with Crippen LogP contribution in [0.15, 0.2) is 42.5 Å². The third kappa shape index (κ3) is 7.97. The van der Waals surface area contributed by atoms with Crippen LogP contribution in [0.25, 0.3) is 0 Å². The Hall–Kier alpha value is -2.34. The first kappa shape index (κ1) is 35.5. The van der Waals surface area contributed by atoms with E-state index in [0.717, 1.165) is 16.0 Å². The summed E-state index contributed by atoms with van der Waals surface area (Å²) in [4.78, 5) is 29.8. The highest BCUT2D eigenvalue weighted by atomic mass is 35.5. The first-order valence-electron chi connectivity index (χ1n) is 14.8. The number of carboxylic acid groups (broad SMARTS) is 1. The molecule has 0 aromatic heterocycles. The van der Waals surface area contributed by atoms with Crippen molar-refractivity contribution in [1.29, 1.82) is 0 Å². The second-order valence-electron chi connectivity index (χ2n) is 13.2. The Kier molecular flexibility index (Phi) is 10.6. The molecule has 2 heterocycles. The highest BCUT2D eigenvalue weighted by Gasteiger charge is 2.48. The summed E-state index contributed by atoms with van der Waals surface area (Å²) < 4.78 is 52.6. The highest BCUT2D eigenvalue weighted by molar-refractivity contribution is 7.85. The summed E-state index contributed by atoms with van der Waals surface area (Å²) in [7, 11) is 0.264. The number of carbonyl (C=O) groups is 2. The van der Waals surface area contributed by atoms with Gasteiger partial charge >= 0.3 is 12.3 Å². The van der Waals surface area contributed by atoms with E-state index in [1.54, 1.807) is 39.0 Å². The minimum absolute atomic E-state index is 0.109. The number of carbonyl (C=O) groups excluding carboxylic acids is 1. The zero-order chi connectivity index (χ0) is 33.4. The van der Waals surface area contributed by atoms with E-state index in [9.17, 15) is 32.1 Å². The van der Waals surface area contributed by atoms with Crippen LogP contribution in [0.5, 0.6) is 0 Å². The normalized spacial score (nSPS) is 19.6. The van der Waals surface area contributed by atoms with Gasteiger partial charge in [0, 0.05) is 47.6 Å². The summed E-state index contributed by atoms with van der Waals surface area (Å²) in [6, 6.07) is 12.9. The molecule has 2 aliphatic rings. The number of alkyl halides is 3. The zero-order valence-electron chi connectivity index (χ0n) is 25.9. The van der Waals surface area contributed by atoms with Crippen LogP contribution >= 0.6 is 23.2 Å². The van der Waals surface area contributed by atoms with E-state index in [2.05, 4.69) is 11.0 Å². The van der Waals surface area contributed by atoms with Crippen molar-refractivity contribution in [3.05, 3.63) is 69.2 Å². The van der Waals surface area contributed by atoms with Crippen molar-refractivity contribution in [2.24, 2.45) is 0 Å². The van der Waals surface area contributed by atoms with Crippen molar-refractivity contribution in [3.63, 3.8) is 0 Å². The zero-order valence-corrected chi connectivity index (χ0v) is 28.3. The Balaban J connectivity index is 1.68. The molecule has 0 aliphatic carbocycles. The van der Waals surface area contributed by atoms with Crippen LogP contribution in [0.3, 0.4) is 0 Å². The van der Waals surface area contributed by atoms with E-state index in [-0.39, 0.29) is 23.1 Å². The Morgan fingerprint density at radius 2 is 1.67 bits per heavy atom. The molecular weight excluding hydrogens is 650 g/mol. The number of amides is 2. The number of hydrogen-bond donors (Lipinski definition) is 1. The lowest BCUT2D eigenvalue weighted by Gasteiger charge is -2.46. The van der Waals surface area contributed by atoms with Gasteiger partial charge in [-0.25, -0.2) is 4.79 Å². The van der Waals surface area contributed by atoms with Gasteiger partial charge in [-0.05, 0) is 88.5 Å². The summed E-state index contributed by atoms with van der Waals surface area (Å²) in [6.07, 6.45) is -5.85. The Labute approximate surface area is 275 Å². The molecule has 0 saturated carbocycles. The smallest absolute Gasteiger partial charge is 0.407 e. The van der Waals surface area contributed by atoms with Crippen LogP contribution in [0, 0.1) is 0 Å². The monoisotopic (exact) mass is 689 g/mol. The van der Waals surface area contributed by atoms with Gasteiger partial charge in [0.1, 0.15) is 6.42 Å². The van der Waals surface area contributed by atoms with Gasteiger partial charge in [-0.2, -0.15) is 13.2 Å². The van der Waals surface area contributed by atoms with E-state index in [4.69, 9.17) is 23.2 Å². The second kappa shape index (κ2) is 13.4. The first-order valence-corrected chi connectivity index (χ1v) is 16.9. The molecule has 2 atom stereocenters. The SMILES string of the molecule is CN(CC(CCN1CCC2(CC1)c1ccccc1C[S@@]2=O)(CN(C(=O)O)C(C)(C)C)c1ccc(Cl)c(Cl)c1)C(=O)CC(F)(F)F. The fourth-order valence-corrected chi connectivity index (χ4v) is 8.79. The lowest BCUT2D eigenvalue weighted by molar-refractivity contribution is -0.161. The Morgan fingerprint density at radius 3 is 2.24 bits per heavy atom. The van der Waals surface area contributed by atoms with E-state index in [1.165, 1.54) is 11.9 Å². The first-order chi connectivity index (χ1) is 20.9. The fraction of sp³-hybridized carbons (Fsp3) is 0.562. The third-order valence-corrected chi connectivity index (χ3v) is 12.0. The molecule has 1 N–H and O–H groups in total. The van der Waals surface area contributed by atoms with Crippen molar-refractivity contribution in [3.8, 4) is 0 Å². The maximum Gasteiger partial charge on any atom is 0.407 e. The number of benzene rings is 2. The van der Waals surface area contributed by atoms with Crippen LogP contribution in [-0.2, 0) is 31.5 Å². The lowest BCUT2D eigenvalue weighted by atomic mass is 9.75. The quantitative estimate of drug-likeness (QED) is 0.305. The average Bonchev–Trinajstić information content (AvgIpc) is 3.21. The van der Waals surface area contributed by atoms with Gasteiger partial charge in [0.25, 0.3) is 0 Å². The molecule has 1 fully saturated rings. The van der Waals surface area contributed by atoms with Crippen LogP contribution in [0.4, 0.5) is 18.0 Å². The number of piperidine rings is 1. The fourth-order valence-electron chi connectivity index (χ4n) is 6.60. The molecule has 45 heavy (non-hydrogen) atoms. The van der Waals surface area contributed by atoms with Crippen LogP contribution < -0.4 is 0 Å². The van der Waals surface area contributed by atoms with Crippen molar-refractivity contribution >= 4 is 46.0 Å². The minimum atomic E-state index is -4.70. The van der Waals surface area contributed by atoms with E-state index < -0.39 is 51.1 Å². The van der Waals surface area contributed by atoms with E-state index in [0.29, 0.717) is 50.2 Å². The van der Waals surface area contributed by atoms with Gasteiger partial charge < -0.3 is 19.8 Å². The largest absolute Gasteiger partial charge is 0.465 e. The number of halogens is 5. The van der Waals surface area contributed by atoms with Crippen LogP contribution in [0.2, 0.25) is 10.0 Å². The standard InChI is InChI=1S/C32H40Cl2F3N3O4S/c1-29(2,3)40(28(42)43)21-30(23-9-10-25(33)26(34)17-23,20-38(4)27(41)18-32(35,36)37)11-14-39-15-12-31(13-16-39)24-8-6-5-7-22(24)19-45(31)44/h5-10,17H,11-16,18-21H2,1-4H3,(H,42,43)/t30?,45-/m0/s1. The summed E-state index contributed by atoms with van der Waals surface area (Å²) >= 11 is 12.7. The number of nitrogens with zero attached hydrogens (tertiary/aromatic N) is 3. The Bertz CT molecular complexity index is 1440. The molecule has 0 bridgehead atoms. The molecule has 13 heteroatoms. The molecule has 4 rings (SSSR count). The molecule has 1 spiro atoms. The summed E-state index contributed by atoms with van der Waals surface area (Å²) in [5.41, 5.74) is 0.816. The Morgan fingerprint density at radius 1 is 1.02 bits per heavy atom. The minimum Gasteiger partial charge on any atom is -0.465 e. The third-order valence-electron chi connectivity index (χ3n) is 9.15.